The van der Waals surface area contributed by atoms with Crippen LogP contribution in [0.25, 0.3) is 0 Å². The lowest BCUT2D eigenvalue weighted by atomic mass is 10.3. The van der Waals surface area contributed by atoms with Gasteiger partial charge in [0.25, 0.3) is 0 Å². The van der Waals surface area contributed by atoms with Crippen molar-refractivity contribution in [1.29, 1.82) is 0 Å². The SMILES string of the molecule is CCN(CC)C(=O)C1CSCN1S(=O)(=O)CC. The minimum atomic E-state index is -3.28. The fourth-order valence-electron chi connectivity index (χ4n) is 1.81. The summed E-state index contributed by atoms with van der Waals surface area (Å²) in [5.41, 5.74) is 0. The molecule has 5 nitrogen and oxygen atoms in total. The molecule has 0 saturated carbocycles. The number of likely N-dealkylation sites (N-methyl/N-ethyl adjacent to an activating group) is 1. The molecule has 1 fully saturated rings. The van der Waals surface area contributed by atoms with Crippen molar-refractivity contribution in [3.8, 4) is 0 Å². The zero-order chi connectivity index (χ0) is 13.1. The summed E-state index contributed by atoms with van der Waals surface area (Å²) in [6.07, 6.45) is 0. The van der Waals surface area contributed by atoms with Gasteiger partial charge in [0.2, 0.25) is 15.9 Å². The van der Waals surface area contributed by atoms with Crippen LogP contribution in [0.3, 0.4) is 0 Å². The Morgan fingerprint density at radius 1 is 1.35 bits per heavy atom. The fraction of sp³-hybridized carbons (Fsp3) is 0.900. The molecule has 7 heteroatoms. The second-order valence-corrected chi connectivity index (χ2v) is 7.02. The van der Waals surface area contributed by atoms with Gasteiger partial charge in [0.15, 0.2) is 0 Å². The largest absolute Gasteiger partial charge is 0.342 e. The molecule has 0 aromatic rings. The zero-order valence-corrected chi connectivity index (χ0v) is 12.2. The lowest BCUT2D eigenvalue weighted by Crippen LogP contribution is -2.49. The summed E-state index contributed by atoms with van der Waals surface area (Å²) in [4.78, 5) is 13.9. The first kappa shape index (κ1) is 14.8. The van der Waals surface area contributed by atoms with Crippen molar-refractivity contribution in [2.45, 2.75) is 26.8 Å². The molecule has 0 aromatic carbocycles. The second-order valence-electron chi connectivity index (χ2n) is 3.81. The standard InChI is InChI=1S/C10H20N2O3S2/c1-4-11(5-2)10(13)9-7-16-8-12(9)17(14,15)6-3/h9H,4-8H2,1-3H3. The maximum Gasteiger partial charge on any atom is 0.241 e. The van der Waals surface area contributed by atoms with Gasteiger partial charge >= 0.3 is 0 Å². The van der Waals surface area contributed by atoms with E-state index in [2.05, 4.69) is 0 Å². The third-order valence-electron chi connectivity index (χ3n) is 2.92. The predicted octanol–water partition coefficient (Wildman–Crippen LogP) is 0.579. The van der Waals surface area contributed by atoms with E-state index in [4.69, 9.17) is 0 Å². The summed E-state index contributed by atoms with van der Waals surface area (Å²) >= 11 is 1.50. The van der Waals surface area contributed by atoms with E-state index < -0.39 is 16.1 Å². The van der Waals surface area contributed by atoms with Gasteiger partial charge in [-0.05, 0) is 20.8 Å². The number of hydrogen-bond donors (Lipinski definition) is 0. The van der Waals surface area contributed by atoms with Gasteiger partial charge in [-0.3, -0.25) is 4.79 Å². The molecule has 1 rings (SSSR count). The number of thioether (sulfide) groups is 1. The van der Waals surface area contributed by atoms with E-state index in [0.29, 0.717) is 24.7 Å². The van der Waals surface area contributed by atoms with Gasteiger partial charge in [0.1, 0.15) is 6.04 Å². The summed E-state index contributed by atoms with van der Waals surface area (Å²) in [6, 6.07) is -0.509. The molecule has 17 heavy (non-hydrogen) atoms. The molecule has 1 saturated heterocycles. The van der Waals surface area contributed by atoms with Crippen molar-refractivity contribution < 1.29 is 13.2 Å². The van der Waals surface area contributed by atoms with E-state index in [1.165, 1.54) is 16.1 Å². The molecule has 0 aliphatic carbocycles. The molecule has 100 valence electrons. The fourth-order valence-corrected chi connectivity index (χ4v) is 4.66. The van der Waals surface area contributed by atoms with Gasteiger partial charge in [-0.1, -0.05) is 0 Å². The summed E-state index contributed by atoms with van der Waals surface area (Å²) in [5, 5.41) is 0. The van der Waals surface area contributed by atoms with Crippen LogP contribution in [0.4, 0.5) is 0 Å². The maximum atomic E-state index is 12.2. The molecular formula is C10H20N2O3S2. The topological polar surface area (TPSA) is 57.7 Å². The first-order valence-corrected chi connectivity index (χ1v) is 8.60. The van der Waals surface area contributed by atoms with Gasteiger partial charge in [-0.15, -0.1) is 11.8 Å². The van der Waals surface area contributed by atoms with Crippen molar-refractivity contribution in [3.05, 3.63) is 0 Å². The number of hydrogen-bond acceptors (Lipinski definition) is 4. The van der Waals surface area contributed by atoms with Gasteiger partial charge in [-0.25, -0.2) is 8.42 Å². The number of amides is 1. The summed E-state index contributed by atoms with van der Waals surface area (Å²) < 4.78 is 25.1. The molecule has 0 aromatic heterocycles. The quantitative estimate of drug-likeness (QED) is 0.739. The van der Waals surface area contributed by atoms with Crippen LogP contribution in [0.1, 0.15) is 20.8 Å². The Hall–Kier alpha value is -0.270. The van der Waals surface area contributed by atoms with E-state index >= 15 is 0 Å². The highest BCUT2D eigenvalue weighted by molar-refractivity contribution is 8.00. The van der Waals surface area contributed by atoms with Crippen molar-refractivity contribution in [3.63, 3.8) is 0 Å². The summed E-state index contributed by atoms with van der Waals surface area (Å²) in [5.74, 6) is 0.940. The molecule has 1 amide bonds. The molecule has 0 radical (unpaired) electrons. The molecule has 1 atom stereocenters. The normalized spacial score (nSPS) is 21.7. The average Bonchev–Trinajstić information content (AvgIpc) is 2.80. The Labute approximate surface area is 108 Å². The predicted molar refractivity (Wildman–Crippen MR) is 70.3 cm³/mol. The first-order chi connectivity index (χ1) is 7.97. The van der Waals surface area contributed by atoms with Crippen LogP contribution in [-0.2, 0) is 14.8 Å². The molecule has 1 heterocycles. The molecule has 0 N–H and O–H groups in total. The Bertz CT molecular complexity index is 366. The van der Waals surface area contributed by atoms with E-state index in [9.17, 15) is 13.2 Å². The number of carbonyl (C=O) groups excluding carboxylic acids is 1. The summed E-state index contributed by atoms with van der Waals surface area (Å²) in [7, 11) is -3.28. The van der Waals surface area contributed by atoms with Gasteiger partial charge in [-0.2, -0.15) is 4.31 Å². The van der Waals surface area contributed by atoms with Gasteiger partial charge < -0.3 is 4.90 Å². The molecular weight excluding hydrogens is 260 g/mol. The lowest BCUT2D eigenvalue weighted by Gasteiger charge is -2.27. The van der Waals surface area contributed by atoms with Crippen LogP contribution in [0.5, 0.6) is 0 Å². The molecule has 0 spiro atoms. The minimum Gasteiger partial charge on any atom is -0.342 e. The van der Waals surface area contributed by atoms with Crippen molar-refractivity contribution in [2.75, 3.05) is 30.5 Å². The highest BCUT2D eigenvalue weighted by atomic mass is 32.2. The van der Waals surface area contributed by atoms with Gasteiger partial charge in [0, 0.05) is 18.8 Å². The van der Waals surface area contributed by atoms with Crippen LogP contribution in [0, 0.1) is 0 Å². The smallest absolute Gasteiger partial charge is 0.241 e. The van der Waals surface area contributed by atoms with Crippen LogP contribution in [0.2, 0.25) is 0 Å². The Morgan fingerprint density at radius 2 is 1.94 bits per heavy atom. The van der Waals surface area contributed by atoms with Crippen LogP contribution in [0.15, 0.2) is 0 Å². The highest BCUT2D eigenvalue weighted by Gasteiger charge is 2.39. The second kappa shape index (κ2) is 6.06. The highest BCUT2D eigenvalue weighted by Crippen LogP contribution is 2.25. The van der Waals surface area contributed by atoms with Crippen molar-refractivity contribution in [1.82, 2.24) is 9.21 Å². The van der Waals surface area contributed by atoms with E-state index in [0.717, 1.165) is 0 Å². The molecule has 0 bridgehead atoms. The molecule has 1 aliphatic rings. The average molecular weight is 280 g/mol. The number of carbonyl (C=O) groups is 1. The van der Waals surface area contributed by atoms with Crippen LogP contribution < -0.4 is 0 Å². The maximum absolute atomic E-state index is 12.2. The van der Waals surface area contributed by atoms with E-state index in [1.807, 2.05) is 13.8 Å². The zero-order valence-electron chi connectivity index (χ0n) is 10.5. The molecule has 1 unspecified atom stereocenters. The van der Waals surface area contributed by atoms with Crippen LogP contribution >= 0.6 is 11.8 Å². The van der Waals surface area contributed by atoms with E-state index in [-0.39, 0.29) is 11.7 Å². The summed E-state index contributed by atoms with van der Waals surface area (Å²) in [6.45, 7) is 6.66. The monoisotopic (exact) mass is 280 g/mol. The number of sulfonamides is 1. The first-order valence-electron chi connectivity index (χ1n) is 5.83. The Balaban J connectivity index is 2.87. The minimum absolute atomic E-state index is 0.0512. The van der Waals surface area contributed by atoms with Crippen molar-refractivity contribution >= 4 is 27.7 Å². The van der Waals surface area contributed by atoms with Gasteiger partial charge in [0.05, 0.1) is 11.6 Å². The number of rotatable bonds is 5. The Morgan fingerprint density at radius 3 is 2.41 bits per heavy atom. The number of nitrogens with zero attached hydrogens (tertiary/aromatic N) is 2. The van der Waals surface area contributed by atoms with E-state index in [1.54, 1.807) is 11.8 Å². The third-order valence-corrected chi connectivity index (χ3v) is 5.93. The Kier molecular flexibility index (Phi) is 5.27. The molecule has 1 aliphatic heterocycles. The van der Waals surface area contributed by atoms with Crippen LogP contribution in [-0.4, -0.2) is 60.0 Å². The third kappa shape index (κ3) is 3.14. The lowest BCUT2D eigenvalue weighted by molar-refractivity contribution is -0.133. The van der Waals surface area contributed by atoms with Crippen molar-refractivity contribution in [2.24, 2.45) is 0 Å².